The molecular weight excluding hydrogens is 474 g/mol. The van der Waals surface area contributed by atoms with E-state index in [0.29, 0.717) is 59.0 Å². The molecule has 0 bridgehead atoms. The maximum atomic E-state index is 13.6. The predicted octanol–water partition coefficient (Wildman–Crippen LogP) is 2.89. The Labute approximate surface area is 207 Å². The number of pyridine rings is 1. The van der Waals surface area contributed by atoms with Crippen molar-refractivity contribution >= 4 is 57.8 Å². The molecule has 34 heavy (non-hydrogen) atoms. The Morgan fingerprint density at radius 3 is 2.59 bits per heavy atom. The monoisotopic (exact) mass is 501 g/mol. The molecule has 0 radical (unpaired) electrons. The largest absolute Gasteiger partial charge is 0.450 e. The van der Waals surface area contributed by atoms with Crippen molar-refractivity contribution in [3.63, 3.8) is 0 Å². The van der Waals surface area contributed by atoms with Crippen LogP contribution in [0.1, 0.15) is 31.9 Å². The van der Waals surface area contributed by atoms with E-state index in [-0.39, 0.29) is 23.6 Å². The fourth-order valence-corrected chi connectivity index (χ4v) is 5.55. The van der Waals surface area contributed by atoms with Crippen LogP contribution in [0.2, 0.25) is 0 Å². The van der Waals surface area contributed by atoms with Crippen molar-refractivity contribution in [2.45, 2.75) is 33.7 Å². The lowest BCUT2D eigenvalue weighted by molar-refractivity contribution is -0.123. The second kappa shape index (κ2) is 9.75. The maximum Gasteiger partial charge on any atom is 0.409 e. The molecule has 0 atom stereocenters. The standard InChI is InChI=1S/C23H27N5O4S2/c1-5-32-22(31)26-11-9-25(10-12-26)19-16(13-17-21(30)28(14(2)3)23(33)34-17)20(29)27-8-6-7-15(4)18(27)24-19/h6-8,13-14H,5,9-12H2,1-4H3/b17-13-. The number of anilines is 1. The number of thioether (sulfide) groups is 1. The highest BCUT2D eigenvalue weighted by atomic mass is 32.2. The summed E-state index contributed by atoms with van der Waals surface area (Å²) in [6.45, 7) is 9.66. The lowest BCUT2D eigenvalue weighted by Crippen LogP contribution is -2.49. The number of aromatic nitrogens is 2. The smallest absolute Gasteiger partial charge is 0.409 e. The maximum absolute atomic E-state index is 13.6. The molecule has 0 spiro atoms. The van der Waals surface area contributed by atoms with Crippen molar-refractivity contribution in [2.24, 2.45) is 0 Å². The molecule has 2 fully saturated rings. The molecule has 2 saturated heterocycles. The molecule has 2 aliphatic rings. The van der Waals surface area contributed by atoms with Crippen LogP contribution in [0.4, 0.5) is 10.6 Å². The van der Waals surface area contributed by atoms with Crippen LogP contribution in [0.5, 0.6) is 0 Å². The molecular formula is C23H27N5O4S2. The number of ether oxygens (including phenoxy) is 1. The number of aryl methyl sites for hydroxylation is 1. The van der Waals surface area contributed by atoms with E-state index < -0.39 is 0 Å². The third kappa shape index (κ3) is 4.41. The van der Waals surface area contributed by atoms with Crippen LogP contribution in [0.15, 0.2) is 28.0 Å². The summed E-state index contributed by atoms with van der Waals surface area (Å²) in [5.41, 5.74) is 1.49. The summed E-state index contributed by atoms with van der Waals surface area (Å²) in [4.78, 5) is 49.1. The van der Waals surface area contributed by atoms with E-state index in [1.165, 1.54) is 16.2 Å². The van der Waals surface area contributed by atoms with Crippen molar-refractivity contribution in [3.8, 4) is 0 Å². The van der Waals surface area contributed by atoms with Gasteiger partial charge in [-0.25, -0.2) is 9.78 Å². The SMILES string of the molecule is CCOC(=O)N1CCN(c2nc3c(C)cccn3c(=O)c2/C=C2\SC(=S)N(C(C)C)C2=O)CC1. The normalized spacial score (nSPS) is 18.0. The zero-order valence-corrected chi connectivity index (χ0v) is 21.2. The van der Waals surface area contributed by atoms with E-state index in [1.54, 1.807) is 35.1 Å². The van der Waals surface area contributed by atoms with Crippen molar-refractivity contribution in [1.29, 1.82) is 0 Å². The zero-order valence-electron chi connectivity index (χ0n) is 19.6. The van der Waals surface area contributed by atoms with Crippen LogP contribution >= 0.6 is 24.0 Å². The lowest BCUT2D eigenvalue weighted by Gasteiger charge is -2.35. The lowest BCUT2D eigenvalue weighted by atomic mass is 10.2. The first-order chi connectivity index (χ1) is 16.2. The summed E-state index contributed by atoms with van der Waals surface area (Å²) in [5, 5.41) is 0. The number of fused-ring (bicyclic) bond motifs is 1. The van der Waals surface area contributed by atoms with Crippen molar-refractivity contribution in [3.05, 3.63) is 44.7 Å². The summed E-state index contributed by atoms with van der Waals surface area (Å²) in [6.07, 6.45) is 2.94. The van der Waals surface area contributed by atoms with E-state index in [0.717, 1.165) is 5.56 Å². The number of carbonyl (C=O) groups is 2. The molecule has 11 heteroatoms. The zero-order chi connectivity index (χ0) is 24.6. The highest BCUT2D eigenvalue weighted by molar-refractivity contribution is 8.26. The van der Waals surface area contributed by atoms with Gasteiger partial charge in [0.2, 0.25) is 0 Å². The molecule has 0 N–H and O–H groups in total. The Morgan fingerprint density at radius 1 is 1.26 bits per heavy atom. The van der Waals surface area contributed by atoms with Crippen LogP contribution in [-0.2, 0) is 9.53 Å². The van der Waals surface area contributed by atoms with Crippen LogP contribution in [0, 0.1) is 6.92 Å². The Bertz CT molecular complexity index is 1250. The molecule has 0 unspecified atom stereocenters. The fourth-order valence-electron chi connectivity index (χ4n) is 4.04. The molecule has 4 heterocycles. The summed E-state index contributed by atoms with van der Waals surface area (Å²) < 4.78 is 7.09. The van der Waals surface area contributed by atoms with Gasteiger partial charge in [0.1, 0.15) is 15.8 Å². The topological polar surface area (TPSA) is 87.5 Å². The molecule has 4 rings (SSSR count). The van der Waals surface area contributed by atoms with Gasteiger partial charge in [-0.2, -0.15) is 0 Å². The van der Waals surface area contributed by atoms with Gasteiger partial charge >= 0.3 is 6.09 Å². The van der Waals surface area contributed by atoms with Gasteiger partial charge in [-0.3, -0.25) is 18.9 Å². The number of piperazine rings is 1. The number of carbonyl (C=O) groups excluding carboxylic acids is 2. The van der Waals surface area contributed by atoms with Crippen LogP contribution < -0.4 is 10.5 Å². The minimum Gasteiger partial charge on any atom is -0.450 e. The van der Waals surface area contributed by atoms with Crippen LogP contribution in [0.3, 0.4) is 0 Å². The minimum atomic E-state index is -0.345. The Hall–Kier alpha value is -2.92. The second-order valence-electron chi connectivity index (χ2n) is 8.36. The van der Waals surface area contributed by atoms with Crippen LogP contribution in [0.25, 0.3) is 11.7 Å². The van der Waals surface area contributed by atoms with E-state index in [2.05, 4.69) is 0 Å². The summed E-state index contributed by atoms with van der Waals surface area (Å²) in [6, 6.07) is 3.62. The molecule has 2 aliphatic heterocycles. The molecule has 9 nitrogen and oxygen atoms in total. The first kappa shape index (κ1) is 24.2. The average Bonchev–Trinajstić information content (AvgIpc) is 3.09. The number of thiocarbonyl (C=S) groups is 1. The van der Waals surface area contributed by atoms with Gasteiger partial charge in [-0.1, -0.05) is 30.0 Å². The number of hydrogen-bond donors (Lipinski definition) is 0. The minimum absolute atomic E-state index is 0.0766. The fraction of sp³-hybridized carbons (Fsp3) is 0.435. The highest BCUT2D eigenvalue weighted by Crippen LogP contribution is 2.34. The molecule has 0 aromatic carbocycles. The van der Waals surface area contributed by atoms with E-state index in [1.807, 2.05) is 31.7 Å². The van der Waals surface area contributed by atoms with Gasteiger partial charge in [0.25, 0.3) is 11.5 Å². The first-order valence-electron chi connectivity index (χ1n) is 11.2. The third-order valence-corrected chi connectivity index (χ3v) is 7.12. The van der Waals surface area contributed by atoms with Gasteiger partial charge in [0.15, 0.2) is 0 Å². The molecule has 2 aromatic heterocycles. The van der Waals surface area contributed by atoms with Gasteiger partial charge in [-0.05, 0) is 45.4 Å². The molecule has 2 amide bonds. The summed E-state index contributed by atoms with van der Waals surface area (Å²) >= 11 is 6.59. The summed E-state index contributed by atoms with van der Waals surface area (Å²) in [5.74, 6) is 0.287. The number of amides is 2. The van der Waals surface area contributed by atoms with Crippen molar-refractivity contribution in [2.75, 3.05) is 37.7 Å². The van der Waals surface area contributed by atoms with Gasteiger partial charge in [0.05, 0.1) is 17.1 Å². The predicted molar refractivity (Wildman–Crippen MR) is 137 cm³/mol. The highest BCUT2D eigenvalue weighted by Gasteiger charge is 2.35. The molecule has 0 aliphatic carbocycles. The second-order valence-corrected chi connectivity index (χ2v) is 10.0. The van der Waals surface area contributed by atoms with Crippen molar-refractivity contribution in [1.82, 2.24) is 19.2 Å². The van der Waals surface area contributed by atoms with Gasteiger partial charge < -0.3 is 14.5 Å². The Kier molecular flexibility index (Phi) is 6.94. The summed E-state index contributed by atoms with van der Waals surface area (Å²) in [7, 11) is 0. The third-order valence-electron chi connectivity index (χ3n) is 5.78. The van der Waals surface area contributed by atoms with Crippen molar-refractivity contribution < 1.29 is 14.3 Å². The van der Waals surface area contributed by atoms with Crippen LogP contribution in [-0.4, -0.2) is 74.3 Å². The van der Waals surface area contributed by atoms with E-state index in [9.17, 15) is 14.4 Å². The Morgan fingerprint density at radius 2 is 1.97 bits per heavy atom. The molecule has 0 saturated carbocycles. The molecule has 180 valence electrons. The van der Waals surface area contributed by atoms with Gasteiger partial charge in [0, 0.05) is 38.4 Å². The quantitative estimate of drug-likeness (QED) is 0.467. The number of hydrogen-bond acceptors (Lipinski definition) is 8. The number of nitrogens with zero attached hydrogens (tertiary/aromatic N) is 5. The first-order valence-corrected chi connectivity index (χ1v) is 12.4. The van der Waals surface area contributed by atoms with E-state index in [4.69, 9.17) is 21.9 Å². The molecule has 2 aromatic rings. The Balaban J connectivity index is 1.78. The van der Waals surface area contributed by atoms with E-state index >= 15 is 0 Å². The average molecular weight is 502 g/mol. The van der Waals surface area contributed by atoms with Gasteiger partial charge in [-0.15, -0.1) is 0 Å². The number of rotatable bonds is 4.